The number of likely N-dealkylation sites (tertiary alicyclic amines) is 1. The van der Waals surface area contributed by atoms with Gasteiger partial charge < -0.3 is 5.11 Å². The predicted molar refractivity (Wildman–Crippen MR) is 76.5 cm³/mol. The zero-order valence-corrected chi connectivity index (χ0v) is 11.8. The maximum Gasteiger partial charge on any atom is 0.335 e. The lowest BCUT2D eigenvalue weighted by molar-refractivity contribution is 0.0696. The van der Waals surface area contributed by atoms with Gasteiger partial charge in [-0.15, -0.1) is 0 Å². The van der Waals surface area contributed by atoms with Gasteiger partial charge in [0.2, 0.25) is 0 Å². The van der Waals surface area contributed by atoms with Crippen LogP contribution in [0.5, 0.6) is 0 Å². The first kappa shape index (κ1) is 14.1. The van der Waals surface area contributed by atoms with Gasteiger partial charge in [0.25, 0.3) is 0 Å². The molecule has 0 aliphatic carbocycles. The second kappa shape index (κ2) is 6.20. The first-order valence-corrected chi connectivity index (χ1v) is 7.22. The van der Waals surface area contributed by atoms with Crippen LogP contribution >= 0.6 is 0 Å². The Bertz CT molecular complexity index is 444. The number of aromatic carboxylic acids is 1. The average Bonchev–Trinajstić information content (AvgIpc) is 2.46. The standard InChI is InChI=1S/C16H23NO2/c1-3-12(2)17-10-5-4-9-15(17)13-7-6-8-14(11-13)16(18)19/h6-8,11-12,15H,3-5,9-10H2,1-2H3,(H,18,19). The molecule has 1 aliphatic heterocycles. The number of carboxylic acids is 1. The Kier molecular flexibility index (Phi) is 4.59. The number of nitrogens with zero attached hydrogens (tertiary/aromatic N) is 1. The average molecular weight is 261 g/mol. The third-order valence-electron chi connectivity index (χ3n) is 4.22. The van der Waals surface area contributed by atoms with Crippen molar-refractivity contribution in [2.24, 2.45) is 0 Å². The van der Waals surface area contributed by atoms with Crippen molar-refractivity contribution in [3.8, 4) is 0 Å². The monoisotopic (exact) mass is 261 g/mol. The van der Waals surface area contributed by atoms with Gasteiger partial charge in [0, 0.05) is 12.1 Å². The van der Waals surface area contributed by atoms with Crippen LogP contribution in [0, 0.1) is 0 Å². The van der Waals surface area contributed by atoms with Crippen molar-refractivity contribution in [1.29, 1.82) is 0 Å². The fourth-order valence-corrected chi connectivity index (χ4v) is 2.95. The van der Waals surface area contributed by atoms with E-state index in [1.165, 1.54) is 12.8 Å². The molecule has 1 N–H and O–H groups in total. The predicted octanol–water partition coefficient (Wildman–Crippen LogP) is 3.71. The van der Waals surface area contributed by atoms with E-state index in [9.17, 15) is 4.79 Å². The zero-order valence-electron chi connectivity index (χ0n) is 11.8. The van der Waals surface area contributed by atoms with E-state index in [4.69, 9.17) is 5.11 Å². The number of benzene rings is 1. The smallest absolute Gasteiger partial charge is 0.335 e. The minimum Gasteiger partial charge on any atom is -0.478 e. The Morgan fingerprint density at radius 2 is 2.26 bits per heavy atom. The topological polar surface area (TPSA) is 40.5 Å². The SMILES string of the molecule is CCC(C)N1CCCCC1c1cccc(C(=O)O)c1. The van der Waals surface area contributed by atoms with Crippen LogP contribution < -0.4 is 0 Å². The van der Waals surface area contributed by atoms with Crippen LogP contribution in [0.4, 0.5) is 0 Å². The molecule has 0 aromatic heterocycles. The summed E-state index contributed by atoms with van der Waals surface area (Å²) in [6, 6.07) is 8.37. The molecule has 1 aromatic rings. The molecule has 1 aliphatic rings. The molecule has 0 bridgehead atoms. The lowest BCUT2D eigenvalue weighted by atomic mass is 9.92. The van der Waals surface area contributed by atoms with Crippen LogP contribution in [0.15, 0.2) is 24.3 Å². The fraction of sp³-hybridized carbons (Fsp3) is 0.562. The molecule has 19 heavy (non-hydrogen) atoms. The molecule has 1 heterocycles. The third kappa shape index (κ3) is 3.16. The number of rotatable bonds is 4. The first-order chi connectivity index (χ1) is 9.13. The highest BCUT2D eigenvalue weighted by molar-refractivity contribution is 5.87. The minimum atomic E-state index is -0.840. The molecule has 2 rings (SSSR count). The van der Waals surface area contributed by atoms with Gasteiger partial charge >= 0.3 is 5.97 Å². The van der Waals surface area contributed by atoms with Crippen molar-refractivity contribution in [2.75, 3.05) is 6.54 Å². The first-order valence-electron chi connectivity index (χ1n) is 7.22. The molecule has 0 spiro atoms. The van der Waals surface area contributed by atoms with E-state index in [2.05, 4.69) is 24.8 Å². The summed E-state index contributed by atoms with van der Waals surface area (Å²) >= 11 is 0. The highest BCUT2D eigenvalue weighted by atomic mass is 16.4. The van der Waals surface area contributed by atoms with Gasteiger partial charge in [-0.1, -0.05) is 25.5 Å². The van der Waals surface area contributed by atoms with Crippen LogP contribution in [0.2, 0.25) is 0 Å². The van der Waals surface area contributed by atoms with Crippen molar-refractivity contribution in [3.63, 3.8) is 0 Å². The summed E-state index contributed by atoms with van der Waals surface area (Å²) < 4.78 is 0. The number of carboxylic acid groups (broad SMARTS) is 1. The van der Waals surface area contributed by atoms with Crippen LogP contribution in [-0.2, 0) is 0 Å². The van der Waals surface area contributed by atoms with Crippen LogP contribution in [0.25, 0.3) is 0 Å². The molecule has 3 heteroatoms. The quantitative estimate of drug-likeness (QED) is 0.898. The molecule has 1 aromatic carbocycles. The summed E-state index contributed by atoms with van der Waals surface area (Å²) in [4.78, 5) is 13.6. The van der Waals surface area contributed by atoms with Crippen LogP contribution in [-0.4, -0.2) is 28.6 Å². The lowest BCUT2D eigenvalue weighted by Crippen LogP contribution is -2.39. The maximum atomic E-state index is 11.1. The summed E-state index contributed by atoms with van der Waals surface area (Å²) in [7, 11) is 0. The van der Waals surface area contributed by atoms with E-state index in [0.717, 1.165) is 24.9 Å². The number of piperidine rings is 1. The van der Waals surface area contributed by atoms with Crippen molar-refractivity contribution < 1.29 is 9.90 Å². The summed E-state index contributed by atoms with van der Waals surface area (Å²) in [6.07, 6.45) is 4.75. The molecule has 2 unspecified atom stereocenters. The Morgan fingerprint density at radius 1 is 1.47 bits per heavy atom. The molecule has 1 fully saturated rings. The lowest BCUT2D eigenvalue weighted by Gasteiger charge is -2.40. The van der Waals surface area contributed by atoms with E-state index in [1.54, 1.807) is 6.07 Å². The van der Waals surface area contributed by atoms with Crippen molar-refractivity contribution in [3.05, 3.63) is 35.4 Å². The maximum absolute atomic E-state index is 11.1. The summed E-state index contributed by atoms with van der Waals surface area (Å²) in [5.41, 5.74) is 1.55. The van der Waals surface area contributed by atoms with Crippen LogP contribution in [0.1, 0.15) is 61.5 Å². The number of carbonyl (C=O) groups is 1. The molecule has 1 saturated heterocycles. The highest BCUT2D eigenvalue weighted by Crippen LogP contribution is 2.33. The normalized spacial score (nSPS) is 22.1. The molecule has 2 atom stereocenters. The van der Waals surface area contributed by atoms with E-state index in [-0.39, 0.29) is 0 Å². The van der Waals surface area contributed by atoms with Crippen molar-refractivity contribution in [2.45, 2.75) is 51.6 Å². The van der Waals surface area contributed by atoms with E-state index in [1.807, 2.05) is 12.1 Å². The fourth-order valence-electron chi connectivity index (χ4n) is 2.95. The zero-order chi connectivity index (χ0) is 13.8. The van der Waals surface area contributed by atoms with E-state index in [0.29, 0.717) is 17.6 Å². The Labute approximate surface area is 115 Å². The Balaban J connectivity index is 2.26. The highest BCUT2D eigenvalue weighted by Gasteiger charge is 2.27. The van der Waals surface area contributed by atoms with Crippen LogP contribution in [0.3, 0.4) is 0 Å². The number of hydrogen-bond acceptors (Lipinski definition) is 2. The second-order valence-electron chi connectivity index (χ2n) is 5.44. The van der Waals surface area contributed by atoms with Gasteiger partial charge in [0.15, 0.2) is 0 Å². The molecule has 0 radical (unpaired) electrons. The molecule has 0 saturated carbocycles. The van der Waals surface area contributed by atoms with Gasteiger partial charge in [0.1, 0.15) is 0 Å². The van der Waals surface area contributed by atoms with Crippen molar-refractivity contribution in [1.82, 2.24) is 4.90 Å². The van der Waals surface area contributed by atoms with Crippen molar-refractivity contribution >= 4 is 5.97 Å². The third-order valence-corrected chi connectivity index (χ3v) is 4.22. The van der Waals surface area contributed by atoms with E-state index >= 15 is 0 Å². The summed E-state index contributed by atoms with van der Waals surface area (Å²) in [6.45, 7) is 5.60. The Hall–Kier alpha value is -1.35. The Morgan fingerprint density at radius 3 is 2.95 bits per heavy atom. The molecular formula is C16H23NO2. The van der Waals surface area contributed by atoms with Gasteiger partial charge in [-0.05, 0) is 50.4 Å². The minimum absolute atomic E-state index is 0.378. The number of hydrogen-bond donors (Lipinski definition) is 1. The molecular weight excluding hydrogens is 238 g/mol. The van der Waals surface area contributed by atoms with Gasteiger partial charge in [-0.3, -0.25) is 4.90 Å². The molecule has 104 valence electrons. The molecule has 0 amide bonds. The van der Waals surface area contributed by atoms with Gasteiger partial charge in [-0.2, -0.15) is 0 Å². The summed E-state index contributed by atoms with van der Waals surface area (Å²) in [5.74, 6) is -0.840. The van der Waals surface area contributed by atoms with Gasteiger partial charge in [-0.25, -0.2) is 4.79 Å². The molecule has 3 nitrogen and oxygen atoms in total. The van der Waals surface area contributed by atoms with Gasteiger partial charge in [0.05, 0.1) is 5.56 Å². The summed E-state index contributed by atoms with van der Waals surface area (Å²) in [5, 5.41) is 9.12. The second-order valence-corrected chi connectivity index (χ2v) is 5.44. The van der Waals surface area contributed by atoms with E-state index < -0.39 is 5.97 Å². The largest absolute Gasteiger partial charge is 0.478 e.